The van der Waals surface area contributed by atoms with Crippen LogP contribution in [0.5, 0.6) is 0 Å². The highest BCUT2D eigenvalue weighted by Gasteiger charge is 2.20. The van der Waals surface area contributed by atoms with Gasteiger partial charge in [0.2, 0.25) is 5.91 Å². The first-order valence-corrected chi connectivity index (χ1v) is 8.40. The molecule has 0 saturated carbocycles. The van der Waals surface area contributed by atoms with Crippen molar-refractivity contribution in [2.24, 2.45) is 5.73 Å². The molecular formula is C20H26N2O3. The van der Waals surface area contributed by atoms with E-state index in [0.717, 1.165) is 11.1 Å². The van der Waals surface area contributed by atoms with Crippen molar-refractivity contribution in [3.05, 3.63) is 71.8 Å². The second-order valence-electron chi connectivity index (χ2n) is 6.17. The first kappa shape index (κ1) is 19.1. The molecule has 3 N–H and O–H groups in total. The summed E-state index contributed by atoms with van der Waals surface area (Å²) in [6.45, 7) is 0.791. The molecule has 0 bridgehead atoms. The van der Waals surface area contributed by atoms with Crippen molar-refractivity contribution >= 4 is 5.91 Å². The van der Waals surface area contributed by atoms with Crippen LogP contribution in [0.4, 0.5) is 0 Å². The van der Waals surface area contributed by atoms with E-state index in [-0.39, 0.29) is 19.1 Å². The van der Waals surface area contributed by atoms with Gasteiger partial charge in [0.15, 0.2) is 0 Å². The third kappa shape index (κ3) is 6.66. The van der Waals surface area contributed by atoms with E-state index in [1.54, 1.807) is 7.05 Å². The monoisotopic (exact) mass is 342 g/mol. The molecule has 5 heteroatoms. The maximum Gasteiger partial charge on any atom is 0.239 e. The van der Waals surface area contributed by atoms with E-state index in [9.17, 15) is 9.90 Å². The highest BCUT2D eigenvalue weighted by Crippen LogP contribution is 2.05. The summed E-state index contributed by atoms with van der Waals surface area (Å²) in [4.78, 5) is 13.8. The van der Waals surface area contributed by atoms with E-state index in [4.69, 9.17) is 10.5 Å². The van der Waals surface area contributed by atoms with Crippen LogP contribution in [0.25, 0.3) is 0 Å². The van der Waals surface area contributed by atoms with Crippen molar-refractivity contribution in [1.82, 2.24) is 4.90 Å². The molecule has 0 fully saturated rings. The largest absolute Gasteiger partial charge is 0.389 e. The van der Waals surface area contributed by atoms with Crippen LogP contribution >= 0.6 is 0 Å². The molecule has 2 aromatic rings. The Balaban J connectivity index is 1.72. The molecule has 0 spiro atoms. The number of amides is 1. The minimum atomic E-state index is -0.749. The molecule has 5 nitrogen and oxygen atoms in total. The molecule has 2 aromatic carbocycles. The highest BCUT2D eigenvalue weighted by molar-refractivity contribution is 5.81. The van der Waals surface area contributed by atoms with E-state index in [1.807, 2.05) is 60.7 Å². The van der Waals surface area contributed by atoms with Gasteiger partial charge in [0.1, 0.15) is 0 Å². The van der Waals surface area contributed by atoms with E-state index in [2.05, 4.69) is 0 Å². The quantitative estimate of drug-likeness (QED) is 0.726. The summed E-state index contributed by atoms with van der Waals surface area (Å²) in [7, 11) is 1.65. The Labute approximate surface area is 149 Å². The first-order valence-electron chi connectivity index (χ1n) is 8.40. The third-order valence-corrected chi connectivity index (χ3v) is 3.90. The second-order valence-corrected chi connectivity index (χ2v) is 6.17. The topological polar surface area (TPSA) is 75.8 Å². The Morgan fingerprint density at radius 3 is 2.24 bits per heavy atom. The Hall–Kier alpha value is -2.21. The van der Waals surface area contributed by atoms with Crippen molar-refractivity contribution in [2.45, 2.75) is 25.2 Å². The molecule has 134 valence electrons. The van der Waals surface area contributed by atoms with E-state index in [1.165, 1.54) is 4.90 Å². The zero-order chi connectivity index (χ0) is 18.1. The second kappa shape index (κ2) is 9.93. The standard InChI is InChI=1S/C20H26N2O3/c1-22(20(24)19(21)12-16-8-4-2-5-9-16)13-18(23)15-25-14-17-10-6-3-7-11-17/h2-11,18-19,23H,12-15,21H2,1H3/t18?,19-/m0/s1. The number of nitrogens with two attached hydrogens (primary N) is 1. The molecule has 2 atom stereocenters. The lowest BCUT2D eigenvalue weighted by atomic mass is 10.1. The number of benzene rings is 2. The smallest absolute Gasteiger partial charge is 0.239 e. The van der Waals surface area contributed by atoms with Crippen LogP contribution in [0, 0.1) is 0 Å². The molecule has 1 unspecified atom stereocenters. The fourth-order valence-corrected chi connectivity index (χ4v) is 2.58. The van der Waals surface area contributed by atoms with Crippen molar-refractivity contribution < 1.29 is 14.6 Å². The maximum absolute atomic E-state index is 12.3. The fraction of sp³-hybridized carbons (Fsp3) is 0.350. The molecular weight excluding hydrogens is 316 g/mol. The minimum absolute atomic E-state index is 0.167. The molecule has 0 aliphatic rings. The average molecular weight is 342 g/mol. The van der Waals surface area contributed by atoms with Gasteiger partial charge in [-0.25, -0.2) is 0 Å². The summed E-state index contributed by atoms with van der Waals surface area (Å²) in [6.07, 6.45) is -0.272. The van der Waals surface area contributed by atoms with Gasteiger partial charge in [-0.05, 0) is 17.5 Å². The first-order chi connectivity index (χ1) is 12.1. The Morgan fingerprint density at radius 2 is 1.64 bits per heavy atom. The summed E-state index contributed by atoms with van der Waals surface area (Å²) < 4.78 is 5.50. The van der Waals surface area contributed by atoms with Crippen LogP contribution in [0.2, 0.25) is 0 Å². The Kier molecular flexibility index (Phi) is 7.60. The van der Waals surface area contributed by atoms with E-state index < -0.39 is 12.1 Å². The Morgan fingerprint density at radius 1 is 1.08 bits per heavy atom. The van der Waals surface area contributed by atoms with Crippen LogP contribution < -0.4 is 5.73 Å². The van der Waals surface area contributed by atoms with Gasteiger partial charge < -0.3 is 20.5 Å². The number of aliphatic hydroxyl groups is 1. The van der Waals surface area contributed by atoms with E-state index in [0.29, 0.717) is 13.0 Å². The van der Waals surface area contributed by atoms with Crippen LogP contribution in [0.1, 0.15) is 11.1 Å². The van der Waals surface area contributed by atoms with Crippen molar-refractivity contribution in [3.8, 4) is 0 Å². The highest BCUT2D eigenvalue weighted by atomic mass is 16.5. The number of likely N-dealkylation sites (N-methyl/N-ethyl adjacent to an activating group) is 1. The number of aliphatic hydroxyl groups excluding tert-OH is 1. The molecule has 1 amide bonds. The van der Waals surface area contributed by atoms with Gasteiger partial charge in [-0.1, -0.05) is 60.7 Å². The number of ether oxygens (including phenoxy) is 1. The predicted octanol–water partition coefficient (Wildman–Crippen LogP) is 1.59. The van der Waals surface area contributed by atoms with Crippen molar-refractivity contribution in [2.75, 3.05) is 20.2 Å². The van der Waals surface area contributed by atoms with Gasteiger partial charge in [-0.3, -0.25) is 4.79 Å². The van der Waals surface area contributed by atoms with E-state index >= 15 is 0 Å². The summed E-state index contributed by atoms with van der Waals surface area (Å²) in [5.41, 5.74) is 8.06. The number of hydrogen-bond acceptors (Lipinski definition) is 4. The van der Waals surface area contributed by atoms with Gasteiger partial charge >= 0.3 is 0 Å². The zero-order valence-electron chi connectivity index (χ0n) is 14.5. The molecule has 25 heavy (non-hydrogen) atoms. The minimum Gasteiger partial charge on any atom is -0.389 e. The van der Waals surface area contributed by atoms with Crippen LogP contribution in [0.3, 0.4) is 0 Å². The Bertz CT molecular complexity index is 634. The molecule has 2 rings (SSSR count). The average Bonchev–Trinajstić information content (AvgIpc) is 2.62. The molecule has 0 aliphatic carbocycles. The lowest BCUT2D eigenvalue weighted by molar-refractivity contribution is -0.133. The molecule has 0 heterocycles. The van der Waals surface area contributed by atoms with Gasteiger partial charge in [0, 0.05) is 13.6 Å². The van der Waals surface area contributed by atoms with Crippen molar-refractivity contribution in [3.63, 3.8) is 0 Å². The summed E-state index contributed by atoms with van der Waals surface area (Å²) >= 11 is 0. The number of rotatable bonds is 9. The number of carbonyl (C=O) groups is 1. The number of hydrogen-bond donors (Lipinski definition) is 2. The summed E-state index contributed by atoms with van der Waals surface area (Å²) in [5, 5.41) is 10.1. The SMILES string of the molecule is CN(CC(O)COCc1ccccc1)C(=O)[C@@H](N)Cc1ccccc1. The normalized spacial score (nSPS) is 13.2. The molecule has 0 radical (unpaired) electrons. The number of carbonyl (C=O) groups excluding carboxylic acids is 1. The van der Waals surface area contributed by atoms with Crippen LogP contribution in [-0.4, -0.2) is 48.3 Å². The van der Waals surface area contributed by atoms with Gasteiger partial charge in [-0.15, -0.1) is 0 Å². The zero-order valence-corrected chi connectivity index (χ0v) is 14.5. The van der Waals surface area contributed by atoms with Gasteiger partial charge in [-0.2, -0.15) is 0 Å². The molecule has 0 aromatic heterocycles. The fourth-order valence-electron chi connectivity index (χ4n) is 2.58. The van der Waals surface area contributed by atoms with Gasteiger partial charge in [0.05, 0.1) is 25.4 Å². The van der Waals surface area contributed by atoms with Crippen LogP contribution in [-0.2, 0) is 22.6 Å². The number of nitrogens with zero attached hydrogens (tertiary/aromatic N) is 1. The molecule has 0 saturated heterocycles. The third-order valence-electron chi connectivity index (χ3n) is 3.90. The summed E-state index contributed by atoms with van der Waals surface area (Å²) in [6, 6.07) is 18.8. The lowest BCUT2D eigenvalue weighted by Crippen LogP contribution is -2.46. The summed E-state index contributed by atoms with van der Waals surface area (Å²) in [5.74, 6) is -0.189. The predicted molar refractivity (Wildman–Crippen MR) is 97.9 cm³/mol. The van der Waals surface area contributed by atoms with Crippen LogP contribution in [0.15, 0.2) is 60.7 Å². The lowest BCUT2D eigenvalue weighted by Gasteiger charge is -2.24. The van der Waals surface area contributed by atoms with Crippen molar-refractivity contribution in [1.29, 1.82) is 0 Å². The molecule has 0 aliphatic heterocycles. The van der Waals surface area contributed by atoms with Gasteiger partial charge in [0.25, 0.3) is 0 Å². The maximum atomic E-state index is 12.3.